The molecule has 2 saturated heterocycles. The summed E-state index contributed by atoms with van der Waals surface area (Å²) < 4.78 is 25.5. The van der Waals surface area contributed by atoms with Gasteiger partial charge >= 0.3 is 5.69 Å². The summed E-state index contributed by atoms with van der Waals surface area (Å²) in [7, 11) is 0. The molecule has 2 aromatic rings. The number of imidazole rings is 1. The largest absolute Gasteiger partial charge is 0.388 e. The number of aromatic nitrogens is 2. The summed E-state index contributed by atoms with van der Waals surface area (Å²) in [6, 6.07) is 4.81. The fourth-order valence-corrected chi connectivity index (χ4v) is 6.90. The first-order valence-electron chi connectivity index (χ1n) is 18.1. The lowest BCUT2D eigenvalue weighted by molar-refractivity contribution is -0.292. The van der Waals surface area contributed by atoms with Crippen LogP contribution in [-0.4, -0.2) is 114 Å². The van der Waals surface area contributed by atoms with Crippen molar-refractivity contribution in [1.82, 2.24) is 9.13 Å². The number of fused-ring (bicyclic) bond motifs is 1. The molecule has 0 spiro atoms. The second-order valence-electron chi connectivity index (χ2n) is 13.4. The van der Waals surface area contributed by atoms with Crippen molar-refractivity contribution < 1.29 is 49.6 Å². The molecule has 280 valence electrons. The highest BCUT2D eigenvalue weighted by atomic mass is 35.5. The maximum atomic E-state index is 14.0. The van der Waals surface area contributed by atoms with Crippen LogP contribution in [0.3, 0.4) is 0 Å². The number of aliphatic hydroxyl groups excluding tert-OH is 6. The van der Waals surface area contributed by atoms with Gasteiger partial charge in [-0.1, -0.05) is 89.7 Å². The lowest BCUT2D eigenvalue weighted by Crippen LogP contribution is -2.60. The molecule has 14 heteroatoms. The molecule has 4 rings (SSSR count). The third-order valence-corrected chi connectivity index (χ3v) is 9.88. The van der Waals surface area contributed by atoms with Gasteiger partial charge in [0.05, 0.1) is 24.1 Å². The molecule has 0 unspecified atom stereocenters. The first-order valence-corrected chi connectivity index (χ1v) is 18.5. The predicted octanol–water partition coefficient (Wildman–Crippen LogP) is 2.83. The Morgan fingerprint density at radius 1 is 0.633 bits per heavy atom. The minimum atomic E-state index is -1.65. The minimum Gasteiger partial charge on any atom is -0.388 e. The third-order valence-electron chi connectivity index (χ3n) is 9.64. The number of unbranched alkanes of at least 4 members (excludes halogenated alkanes) is 10. The SMILES string of the molecule is CCCCCCCCO[C@@H]1[C@H](O)[C@H](O)O[C@H](Cn2c(=O)n(C[C@@H]3O[C@H](O)[C@H](O)[C@H](OCCCCCCCC)[C@@H]3O)c3cc(Cl)ccc32)[C@H]1O. The molecule has 0 saturated carbocycles. The Kier molecular flexibility index (Phi) is 16.3. The molecule has 1 aromatic heterocycles. The van der Waals surface area contributed by atoms with E-state index in [0.29, 0.717) is 16.1 Å². The van der Waals surface area contributed by atoms with E-state index in [9.17, 15) is 35.4 Å². The minimum absolute atomic E-state index is 0.203. The fourth-order valence-electron chi connectivity index (χ4n) is 6.74. The zero-order valence-electron chi connectivity index (χ0n) is 28.8. The van der Waals surface area contributed by atoms with Gasteiger partial charge < -0.3 is 49.6 Å². The van der Waals surface area contributed by atoms with Crippen molar-refractivity contribution in [3.05, 3.63) is 33.7 Å². The van der Waals surface area contributed by atoms with Gasteiger partial charge in [0.2, 0.25) is 0 Å². The van der Waals surface area contributed by atoms with E-state index in [4.69, 9.17) is 30.5 Å². The van der Waals surface area contributed by atoms with Crippen LogP contribution >= 0.6 is 11.6 Å². The van der Waals surface area contributed by atoms with Gasteiger partial charge in [-0.15, -0.1) is 0 Å². The molecule has 0 amide bonds. The highest BCUT2D eigenvalue weighted by Crippen LogP contribution is 2.28. The van der Waals surface area contributed by atoms with Gasteiger partial charge in [0.25, 0.3) is 0 Å². The van der Waals surface area contributed by atoms with Crippen LogP contribution in [0.15, 0.2) is 23.0 Å². The molecule has 6 N–H and O–H groups in total. The van der Waals surface area contributed by atoms with E-state index in [0.717, 1.165) is 64.2 Å². The average Bonchev–Trinajstić information content (AvgIpc) is 3.32. The Morgan fingerprint density at radius 3 is 1.53 bits per heavy atom. The van der Waals surface area contributed by atoms with Gasteiger partial charge in [-0.3, -0.25) is 9.13 Å². The third kappa shape index (κ3) is 10.5. The molecule has 13 nitrogen and oxygen atoms in total. The number of aliphatic hydroxyl groups is 6. The topological polar surface area (TPSA) is 185 Å². The van der Waals surface area contributed by atoms with Crippen molar-refractivity contribution in [3.8, 4) is 0 Å². The number of hydrogen-bond donors (Lipinski definition) is 6. The van der Waals surface area contributed by atoms with Crippen molar-refractivity contribution in [2.75, 3.05) is 13.2 Å². The molecule has 2 aliphatic rings. The van der Waals surface area contributed by atoms with Crippen molar-refractivity contribution in [1.29, 1.82) is 0 Å². The molecule has 49 heavy (non-hydrogen) atoms. The van der Waals surface area contributed by atoms with Crippen LogP contribution in [0.4, 0.5) is 0 Å². The molecule has 0 radical (unpaired) electrons. The molecular weight excluding hydrogens is 660 g/mol. The highest BCUT2D eigenvalue weighted by molar-refractivity contribution is 6.31. The van der Waals surface area contributed by atoms with Crippen LogP contribution in [0.2, 0.25) is 5.02 Å². The zero-order valence-corrected chi connectivity index (χ0v) is 29.6. The number of benzene rings is 1. The Bertz CT molecular complexity index is 1320. The van der Waals surface area contributed by atoms with E-state index in [-0.39, 0.29) is 26.3 Å². The summed E-state index contributed by atoms with van der Waals surface area (Å²) in [5.74, 6) is 0. The molecule has 2 aliphatic heterocycles. The van der Waals surface area contributed by atoms with E-state index in [1.165, 1.54) is 22.0 Å². The first-order chi connectivity index (χ1) is 23.6. The number of rotatable bonds is 20. The van der Waals surface area contributed by atoms with E-state index in [2.05, 4.69) is 13.8 Å². The number of nitrogens with zero attached hydrogens (tertiary/aromatic N) is 2. The summed E-state index contributed by atoms with van der Waals surface area (Å²) in [5.41, 5.74) is 0.261. The molecule has 0 bridgehead atoms. The van der Waals surface area contributed by atoms with Crippen LogP contribution in [-0.2, 0) is 32.0 Å². The zero-order chi connectivity index (χ0) is 35.5. The van der Waals surface area contributed by atoms with E-state index < -0.39 is 67.1 Å². The van der Waals surface area contributed by atoms with E-state index in [1.807, 2.05) is 0 Å². The summed E-state index contributed by atoms with van der Waals surface area (Å²) in [6.45, 7) is 4.45. The summed E-state index contributed by atoms with van der Waals surface area (Å²) in [5, 5.41) is 64.9. The number of ether oxygens (including phenoxy) is 4. The Labute approximate surface area is 293 Å². The van der Waals surface area contributed by atoms with Gasteiger partial charge in [-0.2, -0.15) is 0 Å². The molecule has 10 atom stereocenters. The summed E-state index contributed by atoms with van der Waals surface area (Å²) in [6.07, 6.45) is -1.13. The van der Waals surface area contributed by atoms with Crippen molar-refractivity contribution in [2.45, 2.75) is 165 Å². The molecule has 1 aromatic carbocycles. The van der Waals surface area contributed by atoms with Crippen molar-refractivity contribution in [2.24, 2.45) is 0 Å². The average molecular weight is 717 g/mol. The Balaban J connectivity index is 1.47. The smallest absolute Gasteiger partial charge is 0.329 e. The van der Waals surface area contributed by atoms with Crippen LogP contribution in [0.5, 0.6) is 0 Å². The molecular formula is C35H57ClN2O11. The van der Waals surface area contributed by atoms with Crippen LogP contribution < -0.4 is 5.69 Å². The second kappa shape index (κ2) is 19.8. The van der Waals surface area contributed by atoms with E-state index >= 15 is 0 Å². The predicted molar refractivity (Wildman–Crippen MR) is 183 cm³/mol. The quantitative estimate of drug-likeness (QED) is 0.111. The standard InChI is InChI=1S/C35H57ClN2O11/c1-3-5-7-9-11-13-17-46-31-27(39)25(48-33(43)29(31)41)20-37-23-16-15-22(36)19-24(23)38(35(37)45)21-26-28(40)32(30(42)34(44)49-26)47-18-14-12-10-8-6-4-2/h15-16,19,25-34,39-44H,3-14,17-18,20-21H2,1-2H3/t25-,26+,27-,28-,29+,30-,31+,32-,33-,34+/m1/s1. The lowest BCUT2D eigenvalue weighted by atomic mass is 9.98. The van der Waals surface area contributed by atoms with Crippen LogP contribution in [0, 0.1) is 0 Å². The first kappa shape index (κ1) is 40.2. The van der Waals surface area contributed by atoms with Gasteiger partial charge in [-0.05, 0) is 31.0 Å². The Hall–Kier alpha value is -1.62. The van der Waals surface area contributed by atoms with Gasteiger partial charge in [0, 0.05) is 18.2 Å². The monoisotopic (exact) mass is 716 g/mol. The fraction of sp³-hybridized carbons (Fsp3) is 0.800. The van der Waals surface area contributed by atoms with Crippen LogP contribution in [0.25, 0.3) is 11.0 Å². The molecule has 2 fully saturated rings. The lowest BCUT2D eigenvalue weighted by Gasteiger charge is -2.40. The maximum Gasteiger partial charge on any atom is 0.329 e. The van der Waals surface area contributed by atoms with Crippen LogP contribution in [0.1, 0.15) is 90.9 Å². The molecule has 0 aliphatic carbocycles. The summed E-state index contributed by atoms with van der Waals surface area (Å²) in [4.78, 5) is 14.0. The van der Waals surface area contributed by atoms with Gasteiger partial charge in [-0.25, -0.2) is 4.79 Å². The summed E-state index contributed by atoms with van der Waals surface area (Å²) >= 11 is 6.32. The second-order valence-corrected chi connectivity index (χ2v) is 13.9. The number of halogens is 1. The Morgan fingerprint density at radius 2 is 1.06 bits per heavy atom. The maximum absolute atomic E-state index is 14.0. The van der Waals surface area contributed by atoms with Gasteiger partial charge in [0.1, 0.15) is 48.8 Å². The van der Waals surface area contributed by atoms with E-state index in [1.54, 1.807) is 18.2 Å². The van der Waals surface area contributed by atoms with Crippen molar-refractivity contribution >= 4 is 22.6 Å². The number of hydrogen-bond acceptors (Lipinski definition) is 11. The molecule has 3 heterocycles. The van der Waals surface area contributed by atoms with Gasteiger partial charge in [0.15, 0.2) is 12.6 Å². The van der Waals surface area contributed by atoms with Crippen molar-refractivity contribution in [3.63, 3.8) is 0 Å². The normalized spacial score (nSPS) is 30.7. The highest BCUT2D eigenvalue weighted by Gasteiger charge is 2.46.